The molecule has 3 aromatic rings. The standard InChI is InChI=1S/C31H37N3O4/c1-32-29-23(8-7-20-17-26-27(18-24(20)29)38-19-37-26)22-9-10-25(35-2)30(36-3)28(22)31(32)34-15-11-21(12-16-34)33-13-5-4-6-14-33/h7-10,17-18,21,31H,4-6,11-16,19H2,1-3H3. The highest BCUT2D eigenvalue weighted by atomic mass is 16.7. The molecule has 4 heterocycles. The van der Waals surface area contributed by atoms with E-state index in [0.29, 0.717) is 6.04 Å². The van der Waals surface area contributed by atoms with Crippen molar-refractivity contribution in [2.75, 3.05) is 59.1 Å². The number of nitrogens with zero attached hydrogens (tertiary/aromatic N) is 3. The molecule has 4 aliphatic rings. The summed E-state index contributed by atoms with van der Waals surface area (Å²) in [5, 5.41) is 2.34. The summed E-state index contributed by atoms with van der Waals surface area (Å²) >= 11 is 0. The van der Waals surface area contributed by atoms with Crippen molar-refractivity contribution in [3.05, 3.63) is 42.0 Å². The molecule has 200 valence electrons. The van der Waals surface area contributed by atoms with Crippen molar-refractivity contribution in [3.63, 3.8) is 0 Å². The third-order valence-corrected chi connectivity index (χ3v) is 9.09. The van der Waals surface area contributed by atoms with Gasteiger partial charge in [-0.1, -0.05) is 18.6 Å². The molecule has 7 nitrogen and oxygen atoms in total. The van der Waals surface area contributed by atoms with Crippen molar-refractivity contribution >= 4 is 16.5 Å². The smallest absolute Gasteiger partial charge is 0.231 e. The molecule has 0 N–H and O–H groups in total. The number of methoxy groups -OCH3 is 2. The van der Waals surface area contributed by atoms with E-state index in [1.165, 1.54) is 73.0 Å². The lowest BCUT2D eigenvalue weighted by molar-refractivity contribution is 0.0710. The first kappa shape index (κ1) is 23.9. The zero-order valence-electron chi connectivity index (χ0n) is 22.7. The first-order valence-corrected chi connectivity index (χ1v) is 14.0. The molecule has 7 heteroatoms. The van der Waals surface area contributed by atoms with Gasteiger partial charge in [-0.05, 0) is 74.0 Å². The molecule has 0 amide bonds. The fraction of sp³-hybridized carbons (Fsp3) is 0.484. The van der Waals surface area contributed by atoms with Crippen LogP contribution in [0.2, 0.25) is 0 Å². The topological polar surface area (TPSA) is 46.6 Å². The molecule has 4 aliphatic heterocycles. The highest BCUT2D eigenvalue weighted by molar-refractivity contribution is 6.05. The predicted octanol–water partition coefficient (Wildman–Crippen LogP) is 5.65. The van der Waals surface area contributed by atoms with Crippen molar-refractivity contribution < 1.29 is 18.9 Å². The van der Waals surface area contributed by atoms with E-state index >= 15 is 0 Å². The van der Waals surface area contributed by atoms with Gasteiger partial charge in [0, 0.05) is 42.7 Å². The van der Waals surface area contributed by atoms with E-state index < -0.39 is 0 Å². The van der Waals surface area contributed by atoms with Gasteiger partial charge in [-0.3, -0.25) is 4.90 Å². The summed E-state index contributed by atoms with van der Waals surface area (Å²) in [5.74, 6) is 3.24. The van der Waals surface area contributed by atoms with Crippen molar-refractivity contribution in [2.24, 2.45) is 0 Å². The Bertz CT molecular complexity index is 1360. The Kier molecular flexibility index (Phi) is 6.01. The van der Waals surface area contributed by atoms with Gasteiger partial charge in [0.05, 0.1) is 19.9 Å². The molecule has 0 bridgehead atoms. The predicted molar refractivity (Wildman–Crippen MR) is 150 cm³/mol. The number of anilines is 1. The Balaban J connectivity index is 1.34. The Hall–Kier alpha value is -3.16. The van der Waals surface area contributed by atoms with E-state index in [1.54, 1.807) is 14.2 Å². The number of rotatable bonds is 4. The van der Waals surface area contributed by atoms with E-state index in [0.717, 1.165) is 41.5 Å². The van der Waals surface area contributed by atoms with Gasteiger partial charge in [0.2, 0.25) is 6.79 Å². The third kappa shape index (κ3) is 3.70. The molecule has 2 saturated heterocycles. The van der Waals surface area contributed by atoms with Crippen LogP contribution in [-0.2, 0) is 0 Å². The monoisotopic (exact) mass is 515 g/mol. The van der Waals surface area contributed by atoms with E-state index in [1.807, 2.05) is 6.07 Å². The zero-order valence-corrected chi connectivity index (χ0v) is 22.7. The Labute approximate surface area is 224 Å². The van der Waals surface area contributed by atoms with E-state index in [9.17, 15) is 0 Å². The third-order valence-electron chi connectivity index (χ3n) is 9.09. The number of hydrogen-bond donors (Lipinski definition) is 0. The zero-order chi connectivity index (χ0) is 25.8. The highest BCUT2D eigenvalue weighted by Crippen LogP contribution is 2.54. The van der Waals surface area contributed by atoms with Crippen LogP contribution in [0.5, 0.6) is 23.0 Å². The number of piperidine rings is 2. The number of hydrogen-bond acceptors (Lipinski definition) is 7. The summed E-state index contributed by atoms with van der Waals surface area (Å²) in [5.41, 5.74) is 4.83. The molecule has 0 aromatic heterocycles. The van der Waals surface area contributed by atoms with Crippen LogP contribution in [0.3, 0.4) is 0 Å². The molecule has 0 radical (unpaired) electrons. The maximum absolute atomic E-state index is 6.06. The minimum Gasteiger partial charge on any atom is -0.493 e. The largest absolute Gasteiger partial charge is 0.493 e. The molecular weight excluding hydrogens is 478 g/mol. The van der Waals surface area contributed by atoms with Gasteiger partial charge < -0.3 is 28.7 Å². The fourth-order valence-corrected chi connectivity index (χ4v) is 7.26. The average molecular weight is 516 g/mol. The van der Waals surface area contributed by atoms with Gasteiger partial charge in [0.1, 0.15) is 6.17 Å². The Morgan fingerprint density at radius 2 is 1.53 bits per heavy atom. The molecule has 1 atom stereocenters. The van der Waals surface area contributed by atoms with Crippen LogP contribution in [0.15, 0.2) is 36.4 Å². The normalized spacial score (nSPS) is 21.9. The minimum absolute atomic E-state index is 0.0425. The molecular formula is C31H37N3O4. The second kappa shape index (κ2) is 9.54. The lowest BCUT2D eigenvalue weighted by atomic mass is 9.86. The highest BCUT2D eigenvalue weighted by Gasteiger charge is 2.40. The Morgan fingerprint density at radius 3 is 2.26 bits per heavy atom. The SMILES string of the molecule is COc1ccc2c(c1OC)C(N1CCC(N3CCCCC3)CC1)N(C)c1c-2ccc2cc3c(cc12)OCO3. The number of ether oxygens (including phenoxy) is 4. The van der Waals surface area contributed by atoms with Crippen molar-refractivity contribution in [1.82, 2.24) is 9.80 Å². The average Bonchev–Trinajstić information content (AvgIpc) is 3.43. The summed E-state index contributed by atoms with van der Waals surface area (Å²) in [6.45, 7) is 4.91. The lowest BCUT2D eigenvalue weighted by Crippen LogP contribution is -2.50. The number of benzene rings is 3. The molecule has 2 fully saturated rings. The summed E-state index contributed by atoms with van der Waals surface area (Å²) in [6.07, 6.45) is 6.52. The first-order chi connectivity index (χ1) is 18.7. The summed E-state index contributed by atoms with van der Waals surface area (Å²) in [7, 11) is 5.71. The number of likely N-dealkylation sites (tertiary alicyclic amines) is 2. The van der Waals surface area contributed by atoms with Crippen LogP contribution >= 0.6 is 0 Å². The summed E-state index contributed by atoms with van der Waals surface area (Å²) < 4.78 is 23.3. The fourth-order valence-electron chi connectivity index (χ4n) is 7.26. The summed E-state index contributed by atoms with van der Waals surface area (Å²) in [4.78, 5) is 7.84. The summed E-state index contributed by atoms with van der Waals surface area (Å²) in [6, 6.07) is 13.6. The molecule has 38 heavy (non-hydrogen) atoms. The van der Waals surface area contributed by atoms with Gasteiger partial charge in [-0.25, -0.2) is 0 Å². The van der Waals surface area contributed by atoms with E-state index in [4.69, 9.17) is 18.9 Å². The molecule has 0 aliphatic carbocycles. The van der Waals surface area contributed by atoms with Crippen molar-refractivity contribution in [3.8, 4) is 34.1 Å². The van der Waals surface area contributed by atoms with Crippen LogP contribution in [-0.4, -0.2) is 70.1 Å². The maximum Gasteiger partial charge on any atom is 0.231 e. The molecule has 0 saturated carbocycles. The lowest BCUT2D eigenvalue weighted by Gasteiger charge is -2.48. The first-order valence-electron chi connectivity index (χ1n) is 14.0. The second-order valence-electron chi connectivity index (χ2n) is 11.0. The second-order valence-corrected chi connectivity index (χ2v) is 11.0. The number of fused-ring (bicyclic) bond motifs is 6. The van der Waals surface area contributed by atoms with Gasteiger partial charge >= 0.3 is 0 Å². The van der Waals surface area contributed by atoms with Gasteiger partial charge in [0.25, 0.3) is 0 Å². The molecule has 7 rings (SSSR count). The minimum atomic E-state index is 0.0425. The van der Waals surface area contributed by atoms with Gasteiger partial charge in [-0.15, -0.1) is 0 Å². The van der Waals surface area contributed by atoms with Gasteiger partial charge in [0.15, 0.2) is 23.0 Å². The van der Waals surface area contributed by atoms with Crippen LogP contribution in [0.4, 0.5) is 5.69 Å². The molecule has 0 spiro atoms. The maximum atomic E-state index is 6.06. The quantitative estimate of drug-likeness (QED) is 0.445. The molecule has 3 aromatic carbocycles. The van der Waals surface area contributed by atoms with Crippen LogP contribution in [0.1, 0.15) is 43.8 Å². The Morgan fingerprint density at radius 1 is 0.789 bits per heavy atom. The van der Waals surface area contributed by atoms with Crippen molar-refractivity contribution in [1.29, 1.82) is 0 Å². The van der Waals surface area contributed by atoms with E-state index in [2.05, 4.69) is 52.1 Å². The van der Waals surface area contributed by atoms with Crippen molar-refractivity contribution in [2.45, 2.75) is 44.3 Å². The molecule has 1 unspecified atom stereocenters. The van der Waals surface area contributed by atoms with Crippen LogP contribution in [0.25, 0.3) is 21.9 Å². The van der Waals surface area contributed by atoms with Crippen LogP contribution in [0, 0.1) is 0 Å². The van der Waals surface area contributed by atoms with E-state index in [-0.39, 0.29) is 13.0 Å². The van der Waals surface area contributed by atoms with Gasteiger partial charge in [-0.2, -0.15) is 0 Å². The van der Waals surface area contributed by atoms with Crippen LogP contribution < -0.4 is 23.8 Å².